The van der Waals surface area contributed by atoms with E-state index in [1.54, 1.807) is 18.2 Å². The lowest BCUT2D eigenvalue weighted by Gasteiger charge is -2.18. The van der Waals surface area contributed by atoms with Gasteiger partial charge in [-0.25, -0.2) is 0 Å². The van der Waals surface area contributed by atoms with Gasteiger partial charge in [0, 0.05) is 23.6 Å². The fraction of sp³-hybridized carbons (Fsp3) is 0.0526. The number of carbonyl (C=O) groups excluding carboxylic acids is 3. The number of aromatic amines is 1. The summed E-state index contributed by atoms with van der Waals surface area (Å²) in [6.45, 7) is -0.108. The molecule has 10 heteroatoms. The second kappa shape index (κ2) is 7.35. The first-order chi connectivity index (χ1) is 14.0. The largest absolute Gasteiger partial charge is 0.507 e. The number of hydrogen-bond donors (Lipinski definition) is 5. The van der Waals surface area contributed by atoms with Crippen LogP contribution >= 0.6 is 0 Å². The summed E-state index contributed by atoms with van der Waals surface area (Å²) in [5, 5.41) is 24.2. The standard InChI is InChI=1S/C19H15N5O5/c25-15-4-2-11(22-18(27)10-7-20-21-8-10)5-13(15)19(28)23-12-1-3-14-16(6-12)29-9-17(26)24-14/h1-8,25H,9H2,(H,20,21)(H,22,27)(H,23,28)(H,24,26). The Morgan fingerprint density at radius 3 is 2.62 bits per heavy atom. The number of phenolic OH excluding ortho intramolecular Hbond substituents is 1. The number of amides is 3. The number of ether oxygens (including phenoxy) is 1. The van der Waals surface area contributed by atoms with Crippen LogP contribution in [0.4, 0.5) is 17.1 Å². The van der Waals surface area contributed by atoms with E-state index in [1.807, 2.05) is 0 Å². The van der Waals surface area contributed by atoms with Gasteiger partial charge in [-0.3, -0.25) is 19.5 Å². The molecule has 0 spiro atoms. The number of nitrogens with one attached hydrogen (secondary N) is 4. The zero-order valence-electron chi connectivity index (χ0n) is 14.9. The maximum absolute atomic E-state index is 12.6. The predicted molar refractivity (Wildman–Crippen MR) is 103 cm³/mol. The van der Waals surface area contributed by atoms with Gasteiger partial charge < -0.3 is 25.8 Å². The predicted octanol–water partition coefficient (Wildman–Crippen LogP) is 1.95. The minimum absolute atomic E-state index is 0.0260. The van der Waals surface area contributed by atoms with Crippen LogP contribution in [0.1, 0.15) is 20.7 Å². The molecule has 0 atom stereocenters. The lowest BCUT2D eigenvalue weighted by Crippen LogP contribution is -2.25. The molecule has 3 amide bonds. The average Bonchev–Trinajstić information content (AvgIpc) is 3.24. The topological polar surface area (TPSA) is 145 Å². The molecule has 1 aromatic heterocycles. The molecule has 146 valence electrons. The molecule has 0 unspecified atom stereocenters. The van der Waals surface area contributed by atoms with Crippen molar-refractivity contribution in [2.24, 2.45) is 0 Å². The number of carbonyl (C=O) groups is 3. The first-order valence-corrected chi connectivity index (χ1v) is 8.51. The molecule has 0 radical (unpaired) electrons. The minimum atomic E-state index is -0.582. The summed E-state index contributed by atoms with van der Waals surface area (Å²) in [6.07, 6.45) is 2.80. The zero-order valence-corrected chi connectivity index (χ0v) is 14.9. The van der Waals surface area contributed by atoms with Gasteiger partial charge in [0.05, 0.1) is 23.0 Å². The molecule has 2 aromatic carbocycles. The highest BCUT2D eigenvalue weighted by Crippen LogP contribution is 2.31. The van der Waals surface area contributed by atoms with Gasteiger partial charge in [0.15, 0.2) is 6.61 Å². The molecule has 10 nitrogen and oxygen atoms in total. The van der Waals surface area contributed by atoms with Crippen LogP contribution in [0.3, 0.4) is 0 Å². The molecule has 1 aliphatic heterocycles. The summed E-state index contributed by atoms with van der Waals surface area (Å²) in [5.41, 5.74) is 1.55. The Hall–Kier alpha value is -4.34. The van der Waals surface area contributed by atoms with E-state index >= 15 is 0 Å². The van der Waals surface area contributed by atoms with Crippen LogP contribution < -0.4 is 20.7 Å². The van der Waals surface area contributed by atoms with Crippen LogP contribution in [-0.4, -0.2) is 39.6 Å². The molecule has 1 aliphatic rings. The number of aromatic hydroxyl groups is 1. The number of aromatic nitrogens is 2. The van der Waals surface area contributed by atoms with Gasteiger partial charge in [0.25, 0.3) is 17.7 Å². The van der Waals surface area contributed by atoms with E-state index in [1.165, 1.54) is 30.6 Å². The van der Waals surface area contributed by atoms with E-state index < -0.39 is 11.8 Å². The molecule has 0 saturated heterocycles. The highest BCUT2D eigenvalue weighted by atomic mass is 16.5. The van der Waals surface area contributed by atoms with Crippen molar-refractivity contribution >= 4 is 34.8 Å². The fourth-order valence-electron chi connectivity index (χ4n) is 2.72. The van der Waals surface area contributed by atoms with E-state index in [-0.39, 0.29) is 23.8 Å². The second-order valence-corrected chi connectivity index (χ2v) is 6.17. The number of nitrogens with zero attached hydrogens (tertiary/aromatic N) is 1. The number of phenols is 1. The second-order valence-electron chi connectivity index (χ2n) is 6.17. The van der Waals surface area contributed by atoms with Crippen LogP contribution in [0.15, 0.2) is 48.8 Å². The third-order valence-electron chi connectivity index (χ3n) is 4.13. The number of benzene rings is 2. The van der Waals surface area contributed by atoms with E-state index in [0.717, 1.165) is 0 Å². The zero-order chi connectivity index (χ0) is 20.4. The maximum Gasteiger partial charge on any atom is 0.262 e. The Morgan fingerprint density at radius 2 is 1.83 bits per heavy atom. The van der Waals surface area contributed by atoms with E-state index in [2.05, 4.69) is 26.1 Å². The van der Waals surface area contributed by atoms with Crippen LogP contribution in [0.2, 0.25) is 0 Å². The van der Waals surface area contributed by atoms with Crippen molar-refractivity contribution in [1.82, 2.24) is 10.2 Å². The van der Waals surface area contributed by atoms with E-state index in [4.69, 9.17) is 4.74 Å². The van der Waals surface area contributed by atoms with Crippen molar-refractivity contribution in [2.45, 2.75) is 0 Å². The van der Waals surface area contributed by atoms with Gasteiger partial charge in [0.2, 0.25) is 0 Å². The van der Waals surface area contributed by atoms with Crippen molar-refractivity contribution in [1.29, 1.82) is 0 Å². The number of hydrogen-bond acceptors (Lipinski definition) is 6. The van der Waals surface area contributed by atoms with Crippen molar-refractivity contribution in [2.75, 3.05) is 22.6 Å². The van der Waals surface area contributed by atoms with Crippen LogP contribution in [0.5, 0.6) is 11.5 Å². The highest BCUT2D eigenvalue weighted by Gasteiger charge is 2.18. The van der Waals surface area contributed by atoms with Crippen molar-refractivity contribution < 1.29 is 24.2 Å². The molecule has 0 aliphatic carbocycles. The highest BCUT2D eigenvalue weighted by molar-refractivity contribution is 6.09. The quantitative estimate of drug-likeness (QED) is 0.428. The fourth-order valence-corrected chi connectivity index (χ4v) is 2.72. The number of rotatable bonds is 4. The van der Waals surface area contributed by atoms with Crippen molar-refractivity contribution in [3.63, 3.8) is 0 Å². The smallest absolute Gasteiger partial charge is 0.262 e. The normalized spacial score (nSPS) is 12.3. The molecule has 0 fully saturated rings. The molecule has 2 heterocycles. The molecular formula is C19H15N5O5. The molecule has 0 saturated carbocycles. The Kier molecular flexibility index (Phi) is 4.57. The lowest BCUT2D eigenvalue weighted by molar-refractivity contribution is -0.118. The summed E-state index contributed by atoms with van der Waals surface area (Å²) in [5.74, 6) is -1.07. The number of anilines is 3. The maximum atomic E-state index is 12.6. The molecular weight excluding hydrogens is 378 g/mol. The first-order valence-electron chi connectivity index (χ1n) is 8.51. The van der Waals surface area contributed by atoms with Crippen molar-refractivity contribution in [3.05, 3.63) is 59.9 Å². The Labute approximate surface area is 163 Å². The van der Waals surface area contributed by atoms with E-state index in [9.17, 15) is 19.5 Å². The van der Waals surface area contributed by atoms with Gasteiger partial charge in [0.1, 0.15) is 11.5 Å². The summed E-state index contributed by atoms with van der Waals surface area (Å²) < 4.78 is 5.32. The number of fused-ring (bicyclic) bond motifs is 1. The van der Waals surface area contributed by atoms with Gasteiger partial charge >= 0.3 is 0 Å². The summed E-state index contributed by atoms with van der Waals surface area (Å²) in [7, 11) is 0. The SMILES string of the molecule is O=C1COc2cc(NC(=O)c3cc(NC(=O)c4cn[nH]c4)ccc3O)ccc2N1. The summed E-state index contributed by atoms with van der Waals surface area (Å²) in [6, 6.07) is 8.90. The van der Waals surface area contributed by atoms with Crippen LogP contribution in [0.25, 0.3) is 0 Å². The monoisotopic (exact) mass is 393 g/mol. The van der Waals surface area contributed by atoms with Gasteiger partial charge in [-0.1, -0.05) is 0 Å². The van der Waals surface area contributed by atoms with Gasteiger partial charge in [-0.05, 0) is 30.3 Å². The molecule has 29 heavy (non-hydrogen) atoms. The Bertz CT molecular complexity index is 1110. The lowest BCUT2D eigenvalue weighted by atomic mass is 10.1. The molecule has 3 aromatic rings. The van der Waals surface area contributed by atoms with Crippen LogP contribution in [0, 0.1) is 0 Å². The summed E-state index contributed by atoms with van der Waals surface area (Å²) in [4.78, 5) is 36.1. The molecule has 0 bridgehead atoms. The molecule has 5 N–H and O–H groups in total. The third-order valence-corrected chi connectivity index (χ3v) is 4.13. The van der Waals surface area contributed by atoms with Gasteiger partial charge in [-0.15, -0.1) is 0 Å². The third kappa shape index (κ3) is 3.86. The Morgan fingerprint density at radius 1 is 1.07 bits per heavy atom. The van der Waals surface area contributed by atoms with Crippen molar-refractivity contribution in [3.8, 4) is 11.5 Å². The first kappa shape index (κ1) is 18.0. The van der Waals surface area contributed by atoms with Crippen LogP contribution in [-0.2, 0) is 4.79 Å². The summed E-state index contributed by atoms with van der Waals surface area (Å²) >= 11 is 0. The van der Waals surface area contributed by atoms with E-state index in [0.29, 0.717) is 28.4 Å². The van der Waals surface area contributed by atoms with Gasteiger partial charge in [-0.2, -0.15) is 5.10 Å². The number of H-pyrrole nitrogens is 1. The molecule has 4 rings (SSSR count). The Balaban J connectivity index is 1.51. The average molecular weight is 393 g/mol. The minimum Gasteiger partial charge on any atom is -0.507 e.